The van der Waals surface area contributed by atoms with Crippen LogP contribution in [0, 0.1) is 16.7 Å². The minimum absolute atomic E-state index is 0.189. The van der Waals surface area contributed by atoms with Gasteiger partial charge in [0.1, 0.15) is 37.1 Å². The second-order valence-electron chi connectivity index (χ2n) is 10.1. The number of ether oxygens (including phenoxy) is 1. The molecule has 2 aromatic heterocycles. The first-order chi connectivity index (χ1) is 19.0. The molecule has 2 aliphatic rings. The van der Waals surface area contributed by atoms with Crippen LogP contribution >= 0.6 is 0 Å². The van der Waals surface area contributed by atoms with Gasteiger partial charge in [-0.1, -0.05) is 0 Å². The van der Waals surface area contributed by atoms with Gasteiger partial charge in [-0.3, -0.25) is 8.78 Å². The highest BCUT2D eigenvalue weighted by atomic mass is 19.1. The highest BCUT2D eigenvalue weighted by molar-refractivity contribution is 5.65. The van der Waals surface area contributed by atoms with Gasteiger partial charge in [0.05, 0.1) is 28.6 Å². The number of nitriles is 1. The molecule has 0 spiro atoms. The van der Waals surface area contributed by atoms with E-state index in [1.54, 1.807) is 30.5 Å². The largest absolute Gasteiger partial charge is 0.488 e. The standard InChI is InChI=1S/C28H32F2N8O/c1-37-10-12-38(13-11-37)22-3-5-26(34-16-22)36-27-33-9-6-23(35-27)20-2-4-24(21(14-20)15-31)39-25-7-8-32-19-28(25,17-29)18-30/h2-6,9,14,16,25,32H,7-8,10-13,17-19H2,1H3,(H,33,34,35,36). The van der Waals surface area contributed by atoms with Crippen LogP contribution in [0.5, 0.6) is 5.75 Å². The molecule has 5 rings (SSSR count). The number of likely N-dealkylation sites (N-methyl/N-ethyl adjacent to an activating group) is 1. The Kier molecular flexibility index (Phi) is 8.14. The van der Waals surface area contributed by atoms with Crippen molar-refractivity contribution in [3.63, 3.8) is 0 Å². The summed E-state index contributed by atoms with van der Waals surface area (Å²) in [5.74, 6) is 1.30. The molecule has 9 nitrogen and oxygen atoms in total. The third-order valence-electron chi connectivity index (χ3n) is 7.45. The lowest BCUT2D eigenvalue weighted by atomic mass is 9.80. The molecule has 1 aromatic carbocycles. The Labute approximate surface area is 226 Å². The summed E-state index contributed by atoms with van der Waals surface area (Å²) < 4.78 is 33.7. The fourth-order valence-corrected chi connectivity index (χ4v) is 4.92. The van der Waals surface area contributed by atoms with E-state index in [9.17, 15) is 14.0 Å². The first-order valence-electron chi connectivity index (χ1n) is 13.1. The minimum Gasteiger partial charge on any atom is -0.488 e. The molecular formula is C28H32F2N8O. The fourth-order valence-electron chi connectivity index (χ4n) is 4.92. The van der Waals surface area contributed by atoms with Crippen molar-refractivity contribution in [1.29, 1.82) is 5.26 Å². The first-order valence-corrected chi connectivity index (χ1v) is 13.1. The normalized spacial score (nSPS) is 19.3. The maximum absolute atomic E-state index is 13.8. The van der Waals surface area contributed by atoms with Crippen LogP contribution in [0.3, 0.4) is 0 Å². The van der Waals surface area contributed by atoms with E-state index in [1.165, 1.54) is 0 Å². The van der Waals surface area contributed by atoms with Crippen LogP contribution in [0.25, 0.3) is 11.3 Å². The molecule has 0 radical (unpaired) electrons. The Morgan fingerprint density at radius 3 is 2.67 bits per heavy atom. The molecular weight excluding hydrogens is 502 g/mol. The Morgan fingerprint density at radius 2 is 1.95 bits per heavy atom. The minimum atomic E-state index is -1.26. The lowest BCUT2D eigenvalue weighted by Gasteiger charge is -2.40. The summed E-state index contributed by atoms with van der Waals surface area (Å²) in [6, 6.07) is 12.9. The highest BCUT2D eigenvalue weighted by Crippen LogP contribution is 2.34. The smallest absolute Gasteiger partial charge is 0.228 e. The Hall–Kier alpha value is -3.88. The van der Waals surface area contributed by atoms with E-state index in [-0.39, 0.29) is 12.1 Å². The van der Waals surface area contributed by atoms with E-state index in [0.717, 1.165) is 31.9 Å². The fraction of sp³-hybridized carbons (Fsp3) is 0.429. The molecule has 2 saturated heterocycles. The number of nitrogens with zero attached hydrogens (tertiary/aromatic N) is 6. The number of anilines is 3. The molecule has 39 heavy (non-hydrogen) atoms. The highest BCUT2D eigenvalue weighted by Gasteiger charge is 2.43. The summed E-state index contributed by atoms with van der Waals surface area (Å²) in [7, 11) is 2.13. The Bertz CT molecular complexity index is 1300. The topological polar surface area (TPSA) is 102 Å². The third kappa shape index (κ3) is 5.92. The third-order valence-corrected chi connectivity index (χ3v) is 7.45. The predicted octanol–water partition coefficient (Wildman–Crippen LogP) is 3.57. The number of rotatable bonds is 8. The van der Waals surface area contributed by atoms with Crippen LogP contribution in [-0.4, -0.2) is 85.6 Å². The summed E-state index contributed by atoms with van der Waals surface area (Å²) in [4.78, 5) is 18.1. The summed E-state index contributed by atoms with van der Waals surface area (Å²) in [5, 5.41) is 16.0. The molecule has 204 valence electrons. The number of halogens is 2. The van der Waals surface area contributed by atoms with E-state index >= 15 is 0 Å². The number of benzene rings is 1. The second kappa shape index (κ2) is 11.9. The van der Waals surface area contributed by atoms with Crippen LogP contribution in [0.4, 0.5) is 26.2 Å². The molecule has 0 aliphatic carbocycles. The summed E-state index contributed by atoms with van der Waals surface area (Å²) >= 11 is 0. The number of hydrogen-bond acceptors (Lipinski definition) is 9. The van der Waals surface area contributed by atoms with Crippen molar-refractivity contribution in [2.45, 2.75) is 12.5 Å². The van der Waals surface area contributed by atoms with Crippen LogP contribution in [0.15, 0.2) is 48.8 Å². The first kappa shape index (κ1) is 26.7. The number of nitrogens with one attached hydrogen (secondary N) is 2. The molecule has 2 N–H and O–H groups in total. The van der Waals surface area contributed by atoms with Gasteiger partial charge in [-0.05, 0) is 56.4 Å². The van der Waals surface area contributed by atoms with Crippen LogP contribution in [-0.2, 0) is 0 Å². The zero-order valence-electron chi connectivity index (χ0n) is 21.9. The average molecular weight is 535 g/mol. The van der Waals surface area contributed by atoms with Gasteiger partial charge >= 0.3 is 0 Å². The molecule has 1 atom stereocenters. The van der Waals surface area contributed by atoms with Gasteiger partial charge in [0.15, 0.2) is 0 Å². The maximum atomic E-state index is 13.8. The van der Waals surface area contributed by atoms with Crippen LogP contribution < -0.4 is 20.3 Å². The van der Waals surface area contributed by atoms with Crippen molar-refractivity contribution in [3.05, 3.63) is 54.4 Å². The lowest BCUT2D eigenvalue weighted by molar-refractivity contribution is -0.0159. The molecule has 0 bridgehead atoms. The number of piperazine rings is 1. The summed E-state index contributed by atoms with van der Waals surface area (Å²) in [6.07, 6.45) is 3.26. The van der Waals surface area contributed by atoms with Crippen molar-refractivity contribution >= 4 is 17.5 Å². The van der Waals surface area contributed by atoms with Gasteiger partial charge in [-0.15, -0.1) is 0 Å². The predicted molar refractivity (Wildman–Crippen MR) is 146 cm³/mol. The molecule has 0 amide bonds. The SMILES string of the molecule is CN1CCN(c2ccc(Nc3nccc(-c4ccc(OC5CCNCC5(CF)CF)c(C#N)c4)n3)nc2)CC1. The van der Waals surface area contributed by atoms with Crippen molar-refractivity contribution in [2.75, 3.05) is 69.9 Å². The number of pyridine rings is 1. The molecule has 2 aliphatic heterocycles. The van der Waals surface area contributed by atoms with Crippen LogP contribution in [0.1, 0.15) is 12.0 Å². The van der Waals surface area contributed by atoms with Gasteiger partial charge in [0.2, 0.25) is 5.95 Å². The van der Waals surface area contributed by atoms with Crippen LogP contribution in [0.2, 0.25) is 0 Å². The quantitative estimate of drug-likeness (QED) is 0.449. The van der Waals surface area contributed by atoms with Crippen molar-refractivity contribution in [1.82, 2.24) is 25.2 Å². The monoisotopic (exact) mass is 534 g/mol. The molecule has 3 aromatic rings. The van der Waals surface area contributed by atoms with E-state index in [1.807, 2.05) is 18.3 Å². The van der Waals surface area contributed by atoms with Gasteiger partial charge in [0, 0.05) is 44.5 Å². The Balaban J connectivity index is 1.30. The van der Waals surface area contributed by atoms with Crippen molar-refractivity contribution in [2.24, 2.45) is 5.41 Å². The van der Waals surface area contributed by atoms with Crippen molar-refractivity contribution < 1.29 is 13.5 Å². The summed E-state index contributed by atoms with van der Waals surface area (Å²) in [5.41, 5.74) is 1.39. The zero-order valence-corrected chi connectivity index (χ0v) is 21.9. The zero-order chi connectivity index (χ0) is 27.2. The van der Waals surface area contributed by atoms with E-state index in [2.05, 4.69) is 48.5 Å². The number of aromatic nitrogens is 3. The summed E-state index contributed by atoms with van der Waals surface area (Å²) in [6.45, 7) is 3.08. The molecule has 11 heteroatoms. The van der Waals surface area contributed by atoms with Gasteiger partial charge < -0.3 is 25.2 Å². The molecule has 2 fully saturated rings. The van der Waals surface area contributed by atoms with Gasteiger partial charge in [0.25, 0.3) is 0 Å². The average Bonchev–Trinajstić information content (AvgIpc) is 2.99. The maximum Gasteiger partial charge on any atom is 0.228 e. The molecule has 4 heterocycles. The number of hydrogen-bond donors (Lipinski definition) is 2. The van der Waals surface area contributed by atoms with E-state index in [0.29, 0.717) is 41.7 Å². The number of alkyl halides is 2. The molecule has 0 saturated carbocycles. The second-order valence-corrected chi connectivity index (χ2v) is 10.1. The van der Waals surface area contributed by atoms with Gasteiger partial charge in [-0.2, -0.15) is 5.26 Å². The number of piperidine rings is 1. The van der Waals surface area contributed by atoms with Crippen molar-refractivity contribution in [3.8, 4) is 23.1 Å². The van der Waals surface area contributed by atoms with E-state index in [4.69, 9.17) is 4.74 Å². The Morgan fingerprint density at radius 1 is 1.13 bits per heavy atom. The van der Waals surface area contributed by atoms with E-state index < -0.39 is 24.9 Å². The lowest BCUT2D eigenvalue weighted by Crippen LogP contribution is -2.55. The van der Waals surface area contributed by atoms with Gasteiger partial charge in [-0.25, -0.2) is 15.0 Å². The molecule has 1 unspecified atom stereocenters.